The second-order valence-electron chi connectivity index (χ2n) is 6.66. The molecule has 3 atom stereocenters. The molecule has 112 valence electrons. The summed E-state index contributed by atoms with van der Waals surface area (Å²) in [4.78, 5) is 11.9. The number of sulfone groups is 1. The molecule has 0 amide bonds. The maximum atomic E-state index is 12.5. The van der Waals surface area contributed by atoms with Gasteiger partial charge in [0.25, 0.3) is 0 Å². The Balaban J connectivity index is 2.79. The van der Waals surface area contributed by atoms with Gasteiger partial charge < -0.3 is 4.74 Å². The fourth-order valence-electron chi connectivity index (χ4n) is 2.48. The number of ether oxygens (including phenoxy) is 1. The monoisotopic (exact) mass is 290 g/mol. The Morgan fingerprint density at radius 1 is 1.26 bits per heavy atom. The van der Waals surface area contributed by atoms with Gasteiger partial charge in [-0.2, -0.15) is 0 Å². The molecule has 4 nitrogen and oxygen atoms in total. The summed E-state index contributed by atoms with van der Waals surface area (Å²) in [6, 6.07) is 0. The molecule has 0 bridgehead atoms. The first-order chi connectivity index (χ1) is 8.54. The van der Waals surface area contributed by atoms with E-state index in [-0.39, 0.29) is 0 Å². The van der Waals surface area contributed by atoms with Crippen LogP contribution in [0.15, 0.2) is 0 Å². The number of rotatable bonds is 3. The summed E-state index contributed by atoms with van der Waals surface area (Å²) in [5, 5.41) is -1.46. The Morgan fingerprint density at radius 2 is 1.84 bits per heavy atom. The summed E-state index contributed by atoms with van der Waals surface area (Å²) in [7, 11) is -3.44. The van der Waals surface area contributed by atoms with E-state index in [0.29, 0.717) is 18.8 Å². The number of hydrogen-bond donors (Lipinski definition) is 0. The van der Waals surface area contributed by atoms with Gasteiger partial charge in [0, 0.05) is 0 Å². The standard InChI is InChI=1S/C14H26O4S/c1-10-7-6-8-12(9-10)19(16,17)11(2)13(15)18-14(3,4)5/h10-12H,6-9H2,1-5H3. The van der Waals surface area contributed by atoms with Gasteiger partial charge in [0.05, 0.1) is 5.25 Å². The van der Waals surface area contributed by atoms with E-state index in [0.717, 1.165) is 12.8 Å². The molecule has 1 saturated carbocycles. The molecular formula is C14H26O4S. The summed E-state index contributed by atoms with van der Waals surface area (Å²) >= 11 is 0. The van der Waals surface area contributed by atoms with Crippen molar-refractivity contribution in [3.63, 3.8) is 0 Å². The quantitative estimate of drug-likeness (QED) is 0.750. The van der Waals surface area contributed by atoms with E-state index in [9.17, 15) is 13.2 Å². The van der Waals surface area contributed by atoms with Gasteiger partial charge in [0.1, 0.15) is 5.60 Å². The minimum Gasteiger partial charge on any atom is -0.459 e. The molecule has 19 heavy (non-hydrogen) atoms. The number of hydrogen-bond acceptors (Lipinski definition) is 4. The van der Waals surface area contributed by atoms with Crippen LogP contribution in [0, 0.1) is 5.92 Å². The van der Waals surface area contributed by atoms with Gasteiger partial charge >= 0.3 is 5.97 Å². The highest BCUT2D eigenvalue weighted by molar-refractivity contribution is 7.93. The van der Waals surface area contributed by atoms with Gasteiger partial charge in [-0.05, 0) is 46.5 Å². The van der Waals surface area contributed by atoms with Crippen LogP contribution in [0.2, 0.25) is 0 Å². The van der Waals surface area contributed by atoms with E-state index >= 15 is 0 Å². The molecule has 0 aliphatic heterocycles. The average molecular weight is 290 g/mol. The number of carbonyl (C=O) groups excluding carboxylic acids is 1. The molecule has 5 heteroatoms. The molecule has 0 aromatic heterocycles. The lowest BCUT2D eigenvalue weighted by atomic mass is 9.91. The summed E-state index contributed by atoms with van der Waals surface area (Å²) < 4.78 is 30.1. The third kappa shape index (κ3) is 4.48. The van der Waals surface area contributed by atoms with E-state index in [1.165, 1.54) is 6.92 Å². The summed E-state index contributed by atoms with van der Waals surface area (Å²) in [5.74, 6) is -0.218. The zero-order valence-corrected chi connectivity index (χ0v) is 13.4. The first-order valence-electron chi connectivity index (χ1n) is 6.99. The first-order valence-corrected chi connectivity index (χ1v) is 8.60. The summed E-state index contributed by atoms with van der Waals surface area (Å²) in [5.41, 5.74) is -0.652. The Labute approximate surface area is 116 Å². The largest absolute Gasteiger partial charge is 0.459 e. The first kappa shape index (κ1) is 16.5. The molecule has 0 saturated heterocycles. The molecule has 0 heterocycles. The predicted octanol–water partition coefficient (Wildman–Crippen LogP) is 2.71. The second-order valence-corrected chi connectivity index (χ2v) is 9.21. The third-order valence-corrected chi connectivity index (χ3v) is 6.12. The molecule has 1 rings (SSSR count). The van der Waals surface area contributed by atoms with Crippen molar-refractivity contribution in [1.29, 1.82) is 0 Å². The fraction of sp³-hybridized carbons (Fsp3) is 0.929. The smallest absolute Gasteiger partial charge is 0.324 e. The minimum absolute atomic E-state index is 0.390. The molecule has 1 aliphatic carbocycles. The molecular weight excluding hydrogens is 264 g/mol. The van der Waals surface area contributed by atoms with Crippen molar-refractivity contribution in [3.05, 3.63) is 0 Å². The molecule has 0 N–H and O–H groups in total. The van der Waals surface area contributed by atoms with Crippen LogP contribution in [0.4, 0.5) is 0 Å². The lowest BCUT2D eigenvalue weighted by Gasteiger charge is -2.29. The van der Waals surface area contributed by atoms with Gasteiger partial charge in [-0.1, -0.05) is 19.8 Å². The Kier molecular flexibility index (Phi) is 5.04. The van der Waals surface area contributed by atoms with E-state index < -0.39 is 31.9 Å². The van der Waals surface area contributed by atoms with Crippen molar-refractivity contribution in [1.82, 2.24) is 0 Å². The van der Waals surface area contributed by atoms with Crippen molar-refractivity contribution in [3.8, 4) is 0 Å². The highest BCUT2D eigenvalue weighted by Gasteiger charge is 2.39. The van der Waals surface area contributed by atoms with Gasteiger partial charge in [0.15, 0.2) is 15.1 Å². The Hall–Kier alpha value is -0.580. The molecule has 1 aliphatic rings. The minimum atomic E-state index is -3.44. The van der Waals surface area contributed by atoms with Crippen molar-refractivity contribution in [2.45, 2.75) is 76.4 Å². The predicted molar refractivity (Wildman–Crippen MR) is 75.6 cm³/mol. The summed E-state index contributed by atoms with van der Waals surface area (Å²) in [6.45, 7) is 8.75. The number of carbonyl (C=O) groups is 1. The van der Waals surface area contributed by atoms with Gasteiger partial charge in [-0.15, -0.1) is 0 Å². The average Bonchev–Trinajstić information content (AvgIpc) is 2.25. The molecule has 0 aromatic carbocycles. The van der Waals surface area contributed by atoms with Crippen molar-refractivity contribution in [2.75, 3.05) is 0 Å². The molecule has 0 spiro atoms. The zero-order valence-electron chi connectivity index (χ0n) is 12.6. The zero-order chi connectivity index (χ0) is 14.8. The van der Waals surface area contributed by atoms with Crippen molar-refractivity contribution in [2.24, 2.45) is 5.92 Å². The van der Waals surface area contributed by atoms with Crippen LogP contribution in [0.25, 0.3) is 0 Å². The van der Waals surface area contributed by atoms with E-state index in [2.05, 4.69) is 6.92 Å². The van der Waals surface area contributed by atoms with Crippen LogP contribution in [0.5, 0.6) is 0 Å². The Bertz CT molecular complexity index is 419. The Morgan fingerprint density at radius 3 is 2.32 bits per heavy atom. The van der Waals surface area contributed by atoms with Gasteiger partial charge in [0.2, 0.25) is 0 Å². The van der Waals surface area contributed by atoms with Crippen LogP contribution in [0.1, 0.15) is 60.3 Å². The van der Waals surface area contributed by atoms with Crippen LogP contribution < -0.4 is 0 Å². The molecule has 0 aromatic rings. The molecule has 0 radical (unpaired) electrons. The summed E-state index contributed by atoms with van der Waals surface area (Å²) in [6.07, 6.45) is 3.33. The van der Waals surface area contributed by atoms with Crippen LogP contribution in [-0.4, -0.2) is 30.5 Å². The maximum absolute atomic E-state index is 12.5. The third-order valence-electron chi connectivity index (χ3n) is 3.58. The maximum Gasteiger partial charge on any atom is 0.324 e. The number of esters is 1. The highest BCUT2D eigenvalue weighted by atomic mass is 32.2. The highest BCUT2D eigenvalue weighted by Crippen LogP contribution is 2.30. The normalized spacial score (nSPS) is 26.8. The molecule has 1 fully saturated rings. The van der Waals surface area contributed by atoms with Crippen molar-refractivity contribution >= 4 is 15.8 Å². The fourth-order valence-corrected chi connectivity index (χ4v) is 4.47. The van der Waals surface area contributed by atoms with E-state index in [1.807, 2.05) is 0 Å². The van der Waals surface area contributed by atoms with Crippen LogP contribution in [-0.2, 0) is 19.4 Å². The molecule has 3 unspecified atom stereocenters. The SMILES string of the molecule is CC1CCCC(S(=O)(=O)C(C)C(=O)OC(C)(C)C)C1. The second kappa shape index (κ2) is 5.81. The van der Waals surface area contributed by atoms with Gasteiger partial charge in [-0.25, -0.2) is 8.42 Å². The van der Waals surface area contributed by atoms with E-state index in [4.69, 9.17) is 4.74 Å². The van der Waals surface area contributed by atoms with Crippen LogP contribution in [0.3, 0.4) is 0 Å². The lowest BCUT2D eigenvalue weighted by Crippen LogP contribution is -2.41. The lowest BCUT2D eigenvalue weighted by molar-refractivity contribution is -0.153. The van der Waals surface area contributed by atoms with Crippen molar-refractivity contribution < 1.29 is 17.9 Å². The van der Waals surface area contributed by atoms with E-state index in [1.54, 1.807) is 20.8 Å². The topological polar surface area (TPSA) is 60.4 Å². The van der Waals surface area contributed by atoms with Gasteiger partial charge in [-0.3, -0.25) is 4.79 Å². The van der Waals surface area contributed by atoms with Crippen LogP contribution >= 0.6 is 0 Å².